The van der Waals surface area contributed by atoms with E-state index >= 15 is 0 Å². The topological polar surface area (TPSA) is 40.5 Å². The molecule has 0 bridgehead atoms. The molecule has 26 heavy (non-hydrogen) atoms. The standard InChI is InChI=1S/C24H28O2/c1-4-7-18(8-5-2)17-24(20-11-15-22(26)16-12-20)23(6-3)19-9-13-21(25)14-10-19/h4-5,9-16,18,25-26H,1-2,6-8,17H2,3H3. The van der Waals surface area contributed by atoms with Gasteiger partial charge in [-0.25, -0.2) is 0 Å². The highest BCUT2D eigenvalue weighted by molar-refractivity contribution is 5.91. The number of aromatic hydroxyl groups is 2. The van der Waals surface area contributed by atoms with Crippen molar-refractivity contribution in [2.24, 2.45) is 5.92 Å². The quantitative estimate of drug-likeness (QED) is 0.397. The summed E-state index contributed by atoms with van der Waals surface area (Å²) in [5, 5.41) is 19.3. The second-order valence-corrected chi connectivity index (χ2v) is 6.52. The molecule has 2 heteroatoms. The first-order chi connectivity index (χ1) is 12.6. The third-order valence-corrected chi connectivity index (χ3v) is 4.64. The lowest BCUT2D eigenvalue weighted by Gasteiger charge is -2.21. The summed E-state index contributed by atoms with van der Waals surface area (Å²) in [6.07, 6.45) is 7.59. The molecule has 0 aliphatic carbocycles. The molecule has 136 valence electrons. The maximum absolute atomic E-state index is 9.66. The molecule has 0 aliphatic heterocycles. The second kappa shape index (κ2) is 9.67. The number of hydrogen-bond acceptors (Lipinski definition) is 2. The molecule has 2 rings (SSSR count). The van der Waals surface area contributed by atoms with Gasteiger partial charge in [0, 0.05) is 0 Å². The predicted molar refractivity (Wildman–Crippen MR) is 111 cm³/mol. The first-order valence-electron chi connectivity index (χ1n) is 9.11. The van der Waals surface area contributed by atoms with Gasteiger partial charge < -0.3 is 10.2 Å². The lowest BCUT2D eigenvalue weighted by Crippen LogP contribution is -2.02. The summed E-state index contributed by atoms with van der Waals surface area (Å²) >= 11 is 0. The zero-order valence-corrected chi connectivity index (χ0v) is 15.5. The van der Waals surface area contributed by atoms with Crippen LogP contribution in [0.3, 0.4) is 0 Å². The molecule has 0 saturated heterocycles. The molecule has 0 saturated carbocycles. The van der Waals surface area contributed by atoms with Gasteiger partial charge >= 0.3 is 0 Å². The van der Waals surface area contributed by atoms with Crippen LogP contribution in [0.4, 0.5) is 0 Å². The number of phenols is 2. The number of phenolic OH excluding ortho intramolecular Hbond substituents is 2. The van der Waals surface area contributed by atoms with Crippen molar-refractivity contribution in [1.29, 1.82) is 0 Å². The third-order valence-electron chi connectivity index (χ3n) is 4.64. The molecule has 2 N–H and O–H groups in total. The number of rotatable bonds is 9. The molecule has 2 aromatic carbocycles. The Morgan fingerprint density at radius 2 is 1.23 bits per heavy atom. The van der Waals surface area contributed by atoms with E-state index in [1.165, 1.54) is 11.1 Å². The first kappa shape index (κ1) is 19.6. The molecule has 0 heterocycles. The van der Waals surface area contributed by atoms with Gasteiger partial charge in [-0.15, -0.1) is 13.2 Å². The van der Waals surface area contributed by atoms with E-state index in [9.17, 15) is 10.2 Å². The maximum atomic E-state index is 9.66. The molecule has 0 radical (unpaired) electrons. The number of allylic oxidation sites excluding steroid dienone is 4. The Balaban J connectivity index is 2.55. The van der Waals surface area contributed by atoms with Crippen molar-refractivity contribution in [2.45, 2.75) is 32.6 Å². The minimum atomic E-state index is 0.268. The maximum Gasteiger partial charge on any atom is 0.115 e. The van der Waals surface area contributed by atoms with Crippen LogP contribution in [0.15, 0.2) is 73.8 Å². The Morgan fingerprint density at radius 1 is 0.808 bits per heavy atom. The van der Waals surface area contributed by atoms with Crippen LogP contribution < -0.4 is 0 Å². The minimum absolute atomic E-state index is 0.268. The zero-order chi connectivity index (χ0) is 18.9. The molecule has 2 aromatic rings. The fraction of sp³-hybridized carbons (Fsp3) is 0.250. The van der Waals surface area contributed by atoms with Gasteiger partial charge in [-0.1, -0.05) is 43.3 Å². The fourth-order valence-corrected chi connectivity index (χ4v) is 3.36. The normalized spacial score (nSPS) is 11.9. The second-order valence-electron chi connectivity index (χ2n) is 6.52. The Morgan fingerprint density at radius 3 is 1.62 bits per heavy atom. The van der Waals surface area contributed by atoms with Crippen molar-refractivity contribution < 1.29 is 10.2 Å². The summed E-state index contributed by atoms with van der Waals surface area (Å²) in [6, 6.07) is 14.8. The van der Waals surface area contributed by atoms with Gasteiger partial charge in [0.25, 0.3) is 0 Å². The van der Waals surface area contributed by atoms with Gasteiger partial charge in [0.15, 0.2) is 0 Å². The van der Waals surface area contributed by atoms with Crippen molar-refractivity contribution in [1.82, 2.24) is 0 Å². The Labute approximate surface area is 156 Å². The van der Waals surface area contributed by atoms with Gasteiger partial charge in [-0.3, -0.25) is 0 Å². The smallest absolute Gasteiger partial charge is 0.115 e. The van der Waals surface area contributed by atoms with E-state index in [0.717, 1.165) is 36.8 Å². The van der Waals surface area contributed by atoms with Crippen LogP contribution in [0.5, 0.6) is 11.5 Å². The average Bonchev–Trinajstić information content (AvgIpc) is 2.64. The van der Waals surface area contributed by atoms with Crippen molar-refractivity contribution >= 4 is 11.1 Å². The lowest BCUT2D eigenvalue weighted by atomic mass is 9.84. The molecule has 0 fully saturated rings. The van der Waals surface area contributed by atoms with Crippen LogP contribution >= 0.6 is 0 Å². The highest BCUT2D eigenvalue weighted by Gasteiger charge is 2.15. The van der Waals surface area contributed by atoms with E-state index in [-0.39, 0.29) is 11.5 Å². The Kier molecular flexibility index (Phi) is 7.28. The molecule has 0 aromatic heterocycles. The van der Waals surface area contributed by atoms with Crippen LogP contribution in [-0.2, 0) is 0 Å². The van der Waals surface area contributed by atoms with Gasteiger partial charge in [-0.2, -0.15) is 0 Å². The molecule has 0 unspecified atom stereocenters. The van der Waals surface area contributed by atoms with Gasteiger partial charge in [0.05, 0.1) is 0 Å². The van der Waals surface area contributed by atoms with Gasteiger partial charge in [-0.05, 0) is 78.1 Å². The van der Waals surface area contributed by atoms with Crippen LogP contribution in [0.25, 0.3) is 11.1 Å². The first-order valence-corrected chi connectivity index (χ1v) is 9.11. The van der Waals surface area contributed by atoms with Crippen LogP contribution in [0.2, 0.25) is 0 Å². The van der Waals surface area contributed by atoms with Crippen LogP contribution in [-0.4, -0.2) is 10.2 Å². The fourth-order valence-electron chi connectivity index (χ4n) is 3.36. The largest absolute Gasteiger partial charge is 0.508 e. The van der Waals surface area contributed by atoms with E-state index in [1.807, 2.05) is 36.4 Å². The lowest BCUT2D eigenvalue weighted by molar-refractivity contribution is 0.474. The highest BCUT2D eigenvalue weighted by atomic mass is 16.3. The van der Waals surface area contributed by atoms with E-state index < -0.39 is 0 Å². The van der Waals surface area contributed by atoms with E-state index in [2.05, 4.69) is 20.1 Å². The summed E-state index contributed by atoms with van der Waals surface area (Å²) in [4.78, 5) is 0. The molecular formula is C24H28O2. The van der Waals surface area contributed by atoms with Crippen molar-refractivity contribution in [3.8, 4) is 11.5 Å². The molecule has 0 aliphatic rings. The minimum Gasteiger partial charge on any atom is -0.508 e. The van der Waals surface area contributed by atoms with Gasteiger partial charge in [0.1, 0.15) is 11.5 Å². The number of benzene rings is 2. The van der Waals surface area contributed by atoms with Crippen molar-refractivity contribution in [3.05, 3.63) is 85.0 Å². The predicted octanol–water partition coefficient (Wildman–Crippen LogP) is 6.58. The summed E-state index contributed by atoms with van der Waals surface area (Å²) < 4.78 is 0. The molecule has 0 amide bonds. The monoisotopic (exact) mass is 348 g/mol. The summed E-state index contributed by atoms with van der Waals surface area (Å²) in [6.45, 7) is 9.94. The van der Waals surface area contributed by atoms with Gasteiger partial charge in [0.2, 0.25) is 0 Å². The molecule has 2 nitrogen and oxygen atoms in total. The summed E-state index contributed by atoms with van der Waals surface area (Å²) in [5.41, 5.74) is 4.76. The summed E-state index contributed by atoms with van der Waals surface area (Å²) in [5.74, 6) is 0.976. The molecule has 0 spiro atoms. The SMILES string of the molecule is C=CCC(CC=C)CC(=C(CC)c1ccc(O)cc1)c1ccc(O)cc1. The Bertz CT molecular complexity index is 742. The third kappa shape index (κ3) is 5.13. The van der Waals surface area contributed by atoms with Crippen LogP contribution in [0, 0.1) is 5.92 Å². The average molecular weight is 348 g/mol. The number of hydrogen-bond donors (Lipinski definition) is 2. The summed E-state index contributed by atoms with van der Waals surface area (Å²) in [7, 11) is 0. The van der Waals surface area contributed by atoms with E-state index in [1.54, 1.807) is 24.3 Å². The molecule has 0 atom stereocenters. The van der Waals surface area contributed by atoms with Crippen molar-refractivity contribution in [2.75, 3.05) is 0 Å². The van der Waals surface area contributed by atoms with Crippen molar-refractivity contribution in [3.63, 3.8) is 0 Å². The highest BCUT2D eigenvalue weighted by Crippen LogP contribution is 2.36. The van der Waals surface area contributed by atoms with E-state index in [0.29, 0.717) is 5.92 Å². The molecular weight excluding hydrogens is 320 g/mol. The Hall–Kier alpha value is -2.74. The van der Waals surface area contributed by atoms with E-state index in [4.69, 9.17) is 0 Å². The zero-order valence-electron chi connectivity index (χ0n) is 15.5. The van der Waals surface area contributed by atoms with Crippen LogP contribution in [0.1, 0.15) is 43.7 Å².